The first kappa shape index (κ1) is 18.9. The van der Waals surface area contributed by atoms with Gasteiger partial charge >= 0.3 is 0 Å². The van der Waals surface area contributed by atoms with Crippen LogP contribution in [0.3, 0.4) is 0 Å². The van der Waals surface area contributed by atoms with Crippen molar-refractivity contribution >= 4 is 27.5 Å². The molecule has 1 aromatic heterocycles. The second kappa shape index (κ2) is 7.79. The minimum atomic E-state index is -3.02. The molecule has 1 aliphatic rings. The predicted octanol–water partition coefficient (Wildman–Crippen LogP) is 2.17. The summed E-state index contributed by atoms with van der Waals surface area (Å²) < 4.78 is 28.9. The predicted molar refractivity (Wildman–Crippen MR) is 99.6 cm³/mol. The molecular formula is C17H21N3O4S2. The Balaban J connectivity index is 1.60. The molecule has 0 N–H and O–H groups in total. The summed E-state index contributed by atoms with van der Waals surface area (Å²) in [5.41, 5.74) is 1.97. The van der Waals surface area contributed by atoms with Gasteiger partial charge in [0, 0.05) is 18.2 Å². The standard InChI is InChI=1S/C17H21N3O4S2/c1-3-20(14-8-9-26(22,23)11-14)15(21)10-25-17-19-18-16(24-17)13-6-4-12(2)5-7-13/h4-7,14H,3,8-11H2,1-2H3/t14-/m1/s1. The Labute approximate surface area is 157 Å². The molecule has 1 atom stereocenters. The summed E-state index contributed by atoms with van der Waals surface area (Å²) in [6.07, 6.45) is 0.505. The van der Waals surface area contributed by atoms with Crippen molar-refractivity contribution in [3.8, 4) is 11.5 Å². The van der Waals surface area contributed by atoms with Crippen LogP contribution in [0.25, 0.3) is 11.5 Å². The fourth-order valence-electron chi connectivity index (χ4n) is 2.95. The lowest BCUT2D eigenvalue weighted by molar-refractivity contribution is -0.129. The summed E-state index contributed by atoms with van der Waals surface area (Å²) in [7, 11) is -3.02. The van der Waals surface area contributed by atoms with E-state index in [0.29, 0.717) is 24.1 Å². The summed E-state index contributed by atoms with van der Waals surface area (Å²) in [6.45, 7) is 4.34. The van der Waals surface area contributed by atoms with Crippen LogP contribution in [-0.2, 0) is 14.6 Å². The van der Waals surface area contributed by atoms with Crippen molar-refractivity contribution in [1.82, 2.24) is 15.1 Å². The van der Waals surface area contributed by atoms with Gasteiger partial charge in [-0.3, -0.25) is 4.79 Å². The van der Waals surface area contributed by atoms with Gasteiger partial charge in [0.2, 0.25) is 11.8 Å². The first-order valence-corrected chi connectivity index (χ1v) is 11.2. The zero-order valence-corrected chi connectivity index (χ0v) is 16.3. The SMILES string of the molecule is CCN(C(=O)CSc1nnc(-c2ccc(C)cc2)o1)[C@@H]1CCS(=O)(=O)C1. The average molecular weight is 396 g/mol. The highest BCUT2D eigenvalue weighted by Gasteiger charge is 2.33. The van der Waals surface area contributed by atoms with E-state index in [0.717, 1.165) is 11.1 Å². The third-order valence-corrected chi connectivity index (χ3v) is 6.89. The number of rotatable bonds is 6. The number of sulfone groups is 1. The largest absolute Gasteiger partial charge is 0.411 e. The fraction of sp³-hybridized carbons (Fsp3) is 0.471. The summed E-state index contributed by atoms with van der Waals surface area (Å²) in [5, 5.41) is 8.31. The molecule has 2 aromatic rings. The monoisotopic (exact) mass is 395 g/mol. The molecule has 1 aromatic carbocycles. The number of hydrogen-bond donors (Lipinski definition) is 0. The number of aryl methyl sites for hydroxylation is 1. The van der Waals surface area contributed by atoms with Crippen LogP contribution in [0.5, 0.6) is 0 Å². The first-order chi connectivity index (χ1) is 12.4. The van der Waals surface area contributed by atoms with Crippen molar-refractivity contribution in [3.05, 3.63) is 29.8 Å². The number of hydrogen-bond acceptors (Lipinski definition) is 7. The van der Waals surface area contributed by atoms with E-state index in [2.05, 4.69) is 10.2 Å². The summed E-state index contributed by atoms with van der Waals surface area (Å²) in [4.78, 5) is 14.1. The number of amides is 1. The van der Waals surface area contributed by atoms with Crippen molar-refractivity contribution in [1.29, 1.82) is 0 Å². The molecule has 2 heterocycles. The number of aromatic nitrogens is 2. The van der Waals surface area contributed by atoms with Gasteiger partial charge in [-0.25, -0.2) is 8.42 Å². The van der Waals surface area contributed by atoms with Gasteiger partial charge in [-0.15, -0.1) is 10.2 Å². The van der Waals surface area contributed by atoms with E-state index >= 15 is 0 Å². The molecule has 9 heteroatoms. The highest BCUT2D eigenvalue weighted by Crippen LogP contribution is 2.24. The smallest absolute Gasteiger partial charge is 0.277 e. The van der Waals surface area contributed by atoms with Gasteiger partial charge in [0.1, 0.15) is 0 Å². The van der Waals surface area contributed by atoms with Gasteiger partial charge in [-0.05, 0) is 32.4 Å². The Kier molecular flexibility index (Phi) is 5.67. The fourth-order valence-corrected chi connectivity index (χ4v) is 5.33. The lowest BCUT2D eigenvalue weighted by Crippen LogP contribution is -2.41. The minimum absolute atomic E-state index is 0.0510. The Morgan fingerprint density at radius 2 is 2.04 bits per heavy atom. The zero-order valence-electron chi connectivity index (χ0n) is 14.7. The molecule has 140 valence electrons. The van der Waals surface area contributed by atoms with Crippen molar-refractivity contribution in [2.75, 3.05) is 23.8 Å². The van der Waals surface area contributed by atoms with Gasteiger partial charge < -0.3 is 9.32 Å². The van der Waals surface area contributed by atoms with E-state index in [1.807, 2.05) is 38.1 Å². The van der Waals surface area contributed by atoms with Crippen LogP contribution >= 0.6 is 11.8 Å². The van der Waals surface area contributed by atoms with E-state index in [4.69, 9.17) is 4.42 Å². The second-order valence-corrected chi connectivity index (χ2v) is 9.42. The van der Waals surface area contributed by atoms with E-state index in [1.54, 1.807) is 4.90 Å². The summed E-state index contributed by atoms with van der Waals surface area (Å²) >= 11 is 1.17. The normalized spacial score (nSPS) is 18.8. The Bertz CT molecular complexity index is 878. The Morgan fingerprint density at radius 1 is 1.31 bits per heavy atom. The molecule has 0 radical (unpaired) electrons. The van der Waals surface area contributed by atoms with Crippen LogP contribution in [0.15, 0.2) is 33.9 Å². The van der Waals surface area contributed by atoms with Gasteiger partial charge in [-0.1, -0.05) is 29.5 Å². The Hall–Kier alpha value is -1.87. The zero-order chi connectivity index (χ0) is 18.7. The van der Waals surface area contributed by atoms with Crippen molar-refractivity contribution < 1.29 is 17.6 Å². The molecule has 1 saturated heterocycles. The molecule has 0 aliphatic carbocycles. The van der Waals surface area contributed by atoms with Gasteiger partial charge in [0.05, 0.1) is 17.3 Å². The van der Waals surface area contributed by atoms with Crippen LogP contribution in [0.1, 0.15) is 18.9 Å². The quantitative estimate of drug-likeness (QED) is 0.692. The van der Waals surface area contributed by atoms with Crippen LogP contribution < -0.4 is 0 Å². The molecule has 7 nitrogen and oxygen atoms in total. The Morgan fingerprint density at radius 3 is 2.65 bits per heavy atom. The maximum absolute atomic E-state index is 12.5. The third kappa shape index (κ3) is 4.45. The van der Waals surface area contributed by atoms with Crippen molar-refractivity contribution in [3.63, 3.8) is 0 Å². The molecule has 0 saturated carbocycles. The summed E-state index contributed by atoms with van der Waals surface area (Å²) in [6, 6.07) is 7.50. The van der Waals surface area contributed by atoms with Crippen molar-refractivity contribution in [2.45, 2.75) is 31.5 Å². The van der Waals surface area contributed by atoms with Gasteiger partial charge in [-0.2, -0.15) is 0 Å². The number of thioether (sulfide) groups is 1. The second-order valence-electron chi connectivity index (χ2n) is 6.26. The maximum atomic E-state index is 12.5. The molecule has 1 aliphatic heterocycles. The molecular weight excluding hydrogens is 374 g/mol. The lowest BCUT2D eigenvalue weighted by atomic mass is 10.1. The molecule has 0 unspecified atom stereocenters. The lowest BCUT2D eigenvalue weighted by Gasteiger charge is -2.26. The minimum Gasteiger partial charge on any atom is -0.411 e. The van der Waals surface area contributed by atoms with Crippen LogP contribution in [0.4, 0.5) is 0 Å². The van der Waals surface area contributed by atoms with E-state index in [-0.39, 0.29) is 29.2 Å². The van der Waals surface area contributed by atoms with Crippen molar-refractivity contribution in [2.24, 2.45) is 0 Å². The summed E-state index contributed by atoms with van der Waals surface area (Å²) in [5.74, 6) is 0.636. The van der Waals surface area contributed by atoms with Crippen LogP contribution in [-0.4, -0.2) is 59.3 Å². The first-order valence-electron chi connectivity index (χ1n) is 8.41. The molecule has 0 bridgehead atoms. The van der Waals surface area contributed by atoms with E-state index < -0.39 is 9.84 Å². The molecule has 1 amide bonds. The topological polar surface area (TPSA) is 93.4 Å². The molecule has 1 fully saturated rings. The molecule has 0 spiro atoms. The number of carbonyl (C=O) groups is 1. The number of benzene rings is 1. The van der Waals surface area contributed by atoms with Gasteiger partial charge in [0.25, 0.3) is 5.22 Å². The van der Waals surface area contributed by atoms with Gasteiger partial charge in [0.15, 0.2) is 9.84 Å². The highest BCUT2D eigenvalue weighted by molar-refractivity contribution is 7.99. The maximum Gasteiger partial charge on any atom is 0.277 e. The third-order valence-electron chi connectivity index (χ3n) is 4.33. The number of carbonyl (C=O) groups excluding carboxylic acids is 1. The van der Waals surface area contributed by atoms with Crippen LogP contribution in [0.2, 0.25) is 0 Å². The van der Waals surface area contributed by atoms with Crippen LogP contribution in [0, 0.1) is 6.92 Å². The van der Waals surface area contributed by atoms with E-state index in [1.165, 1.54) is 11.8 Å². The number of nitrogens with zero attached hydrogens (tertiary/aromatic N) is 3. The van der Waals surface area contributed by atoms with E-state index in [9.17, 15) is 13.2 Å². The molecule has 26 heavy (non-hydrogen) atoms. The molecule has 3 rings (SSSR count). The highest BCUT2D eigenvalue weighted by atomic mass is 32.2. The average Bonchev–Trinajstić information content (AvgIpc) is 3.21.